The minimum atomic E-state index is -0.683. The summed E-state index contributed by atoms with van der Waals surface area (Å²) in [6.45, 7) is 0. The summed E-state index contributed by atoms with van der Waals surface area (Å²) >= 11 is 0. The fourth-order valence-electron chi connectivity index (χ4n) is 2.74. The van der Waals surface area contributed by atoms with Crippen LogP contribution < -0.4 is 0 Å². The van der Waals surface area contributed by atoms with Crippen LogP contribution in [0.1, 0.15) is 31.1 Å². The van der Waals surface area contributed by atoms with Gasteiger partial charge in [-0.15, -0.1) is 0 Å². The number of hydrogen-bond acceptors (Lipinski definition) is 6. The number of hydrogen-bond donors (Lipinski definition) is 0. The van der Waals surface area contributed by atoms with Crippen molar-refractivity contribution in [2.24, 2.45) is 0 Å². The standard InChI is InChI=1S/C16H13NO6/c1-21-14(18)8-6-9-4-5-10-12(15(19)22-2)13(16(20)23-3)11(7-8)17(9)10/h4-7H,1-3H3. The van der Waals surface area contributed by atoms with E-state index in [-0.39, 0.29) is 16.7 Å². The zero-order valence-electron chi connectivity index (χ0n) is 12.7. The van der Waals surface area contributed by atoms with E-state index in [1.54, 1.807) is 22.6 Å². The van der Waals surface area contributed by atoms with Crippen LogP contribution in [-0.4, -0.2) is 43.6 Å². The Labute approximate surface area is 130 Å². The molecule has 0 amide bonds. The maximum atomic E-state index is 12.2. The van der Waals surface area contributed by atoms with Gasteiger partial charge in [-0.25, -0.2) is 14.4 Å². The molecule has 0 aliphatic heterocycles. The van der Waals surface area contributed by atoms with Crippen LogP contribution in [0, 0.1) is 0 Å². The average Bonchev–Trinajstić information content (AvgIpc) is 3.14. The third-order valence-corrected chi connectivity index (χ3v) is 3.71. The van der Waals surface area contributed by atoms with Gasteiger partial charge in [0.25, 0.3) is 0 Å². The maximum absolute atomic E-state index is 12.2. The Balaban J connectivity index is 2.45. The minimum absolute atomic E-state index is 0.0608. The molecule has 0 spiro atoms. The predicted molar refractivity (Wildman–Crippen MR) is 80.1 cm³/mol. The summed E-state index contributed by atoms with van der Waals surface area (Å²) in [6, 6.07) is 6.53. The molecule has 0 unspecified atom stereocenters. The average molecular weight is 315 g/mol. The number of pyridine rings is 1. The second-order valence-electron chi connectivity index (χ2n) is 4.83. The van der Waals surface area contributed by atoms with Crippen LogP contribution in [0.25, 0.3) is 16.6 Å². The summed E-state index contributed by atoms with van der Waals surface area (Å²) in [5.41, 5.74) is 1.99. The van der Waals surface area contributed by atoms with Crippen LogP contribution in [0.2, 0.25) is 0 Å². The lowest BCUT2D eigenvalue weighted by Gasteiger charge is -2.04. The second-order valence-corrected chi connectivity index (χ2v) is 4.83. The number of carbonyl (C=O) groups is 3. The topological polar surface area (TPSA) is 83.3 Å². The van der Waals surface area contributed by atoms with Gasteiger partial charge in [0.1, 0.15) is 11.1 Å². The number of esters is 3. The summed E-state index contributed by atoms with van der Waals surface area (Å²) in [4.78, 5) is 36.1. The molecule has 3 aromatic rings. The first-order valence-electron chi connectivity index (χ1n) is 6.69. The molecule has 0 saturated carbocycles. The van der Waals surface area contributed by atoms with Gasteiger partial charge < -0.3 is 18.6 Å². The smallest absolute Gasteiger partial charge is 0.340 e. The van der Waals surface area contributed by atoms with Crippen LogP contribution in [0.3, 0.4) is 0 Å². The molecular formula is C16H13NO6. The Morgan fingerprint density at radius 1 is 0.783 bits per heavy atom. The van der Waals surface area contributed by atoms with Gasteiger partial charge >= 0.3 is 17.9 Å². The Morgan fingerprint density at radius 2 is 1.35 bits per heavy atom. The molecule has 0 aromatic carbocycles. The summed E-state index contributed by atoms with van der Waals surface area (Å²) in [6.07, 6.45) is 0. The first kappa shape index (κ1) is 14.8. The Hall–Kier alpha value is -3.09. The molecule has 0 atom stereocenters. The summed E-state index contributed by atoms with van der Waals surface area (Å²) in [5.74, 6) is -1.87. The highest BCUT2D eigenvalue weighted by Crippen LogP contribution is 2.31. The number of methoxy groups -OCH3 is 3. The predicted octanol–water partition coefficient (Wildman–Crippen LogP) is 1.89. The fourth-order valence-corrected chi connectivity index (χ4v) is 2.74. The van der Waals surface area contributed by atoms with E-state index < -0.39 is 17.9 Å². The van der Waals surface area contributed by atoms with Crippen LogP contribution in [-0.2, 0) is 14.2 Å². The van der Waals surface area contributed by atoms with Gasteiger partial charge in [-0.2, -0.15) is 0 Å². The van der Waals surface area contributed by atoms with Gasteiger partial charge in [-0.1, -0.05) is 0 Å². The highest BCUT2D eigenvalue weighted by atomic mass is 16.5. The lowest BCUT2D eigenvalue weighted by atomic mass is 10.1. The first-order valence-corrected chi connectivity index (χ1v) is 6.69. The van der Waals surface area contributed by atoms with Crippen molar-refractivity contribution >= 4 is 34.5 Å². The van der Waals surface area contributed by atoms with Crippen molar-refractivity contribution in [1.29, 1.82) is 0 Å². The van der Waals surface area contributed by atoms with Crippen molar-refractivity contribution in [3.63, 3.8) is 0 Å². The number of ether oxygens (including phenoxy) is 3. The molecule has 0 aliphatic rings. The van der Waals surface area contributed by atoms with Crippen LogP contribution in [0.5, 0.6) is 0 Å². The lowest BCUT2D eigenvalue weighted by Crippen LogP contribution is -2.10. The van der Waals surface area contributed by atoms with Gasteiger partial charge in [0.15, 0.2) is 0 Å². The molecule has 0 N–H and O–H groups in total. The molecule has 7 heteroatoms. The van der Waals surface area contributed by atoms with Gasteiger partial charge in [-0.05, 0) is 24.3 Å². The monoisotopic (exact) mass is 315 g/mol. The van der Waals surface area contributed by atoms with E-state index in [9.17, 15) is 14.4 Å². The molecule has 0 bridgehead atoms. The molecule has 3 heterocycles. The van der Waals surface area contributed by atoms with Crippen molar-refractivity contribution < 1.29 is 28.6 Å². The zero-order chi connectivity index (χ0) is 16.7. The highest BCUT2D eigenvalue weighted by molar-refractivity contribution is 6.15. The van der Waals surface area contributed by atoms with Crippen molar-refractivity contribution in [2.75, 3.05) is 21.3 Å². The van der Waals surface area contributed by atoms with E-state index in [2.05, 4.69) is 0 Å². The van der Waals surface area contributed by atoms with E-state index in [0.29, 0.717) is 16.6 Å². The first-order chi connectivity index (χ1) is 11.0. The van der Waals surface area contributed by atoms with E-state index in [1.807, 2.05) is 0 Å². The normalized spacial score (nSPS) is 10.9. The van der Waals surface area contributed by atoms with Crippen molar-refractivity contribution in [3.05, 3.63) is 41.0 Å². The summed E-state index contributed by atoms with van der Waals surface area (Å²) in [5, 5.41) is 0. The second kappa shape index (κ2) is 5.28. The van der Waals surface area contributed by atoms with E-state index in [4.69, 9.17) is 14.2 Å². The zero-order valence-corrected chi connectivity index (χ0v) is 12.7. The molecule has 118 valence electrons. The lowest BCUT2D eigenvalue weighted by molar-refractivity contribution is 0.0559. The number of aromatic nitrogens is 1. The van der Waals surface area contributed by atoms with Crippen molar-refractivity contribution in [3.8, 4) is 0 Å². The van der Waals surface area contributed by atoms with Gasteiger partial charge in [0, 0.05) is 5.52 Å². The minimum Gasteiger partial charge on any atom is -0.465 e. The summed E-state index contributed by atoms with van der Waals surface area (Å²) < 4.78 is 16.0. The fraction of sp³-hybridized carbons (Fsp3) is 0.188. The van der Waals surface area contributed by atoms with Crippen LogP contribution in [0.15, 0.2) is 24.3 Å². The molecule has 0 saturated heterocycles. The van der Waals surface area contributed by atoms with Crippen LogP contribution in [0.4, 0.5) is 0 Å². The third-order valence-electron chi connectivity index (χ3n) is 3.71. The van der Waals surface area contributed by atoms with E-state index >= 15 is 0 Å². The number of carbonyl (C=O) groups excluding carboxylic acids is 3. The molecular weight excluding hydrogens is 302 g/mol. The molecule has 3 aromatic heterocycles. The summed E-state index contributed by atoms with van der Waals surface area (Å²) in [7, 11) is 3.73. The quantitative estimate of drug-likeness (QED) is 0.542. The molecule has 0 fully saturated rings. The molecule has 3 rings (SSSR count). The SMILES string of the molecule is COC(=O)c1cc2ccc3c(C(=O)OC)c(C(=O)OC)c(c1)n23. The molecule has 23 heavy (non-hydrogen) atoms. The Morgan fingerprint density at radius 3 is 1.91 bits per heavy atom. The van der Waals surface area contributed by atoms with E-state index in [1.165, 1.54) is 27.4 Å². The van der Waals surface area contributed by atoms with Crippen LogP contribution >= 0.6 is 0 Å². The number of nitrogens with zero attached hydrogens (tertiary/aromatic N) is 1. The van der Waals surface area contributed by atoms with Gasteiger partial charge in [0.2, 0.25) is 0 Å². The number of rotatable bonds is 3. The highest BCUT2D eigenvalue weighted by Gasteiger charge is 2.29. The molecule has 0 aliphatic carbocycles. The van der Waals surface area contributed by atoms with Gasteiger partial charge in [0.05, 0.1) is 37.9 Å². The van der Waals surface area contributed by atoms with Crippen molar-refractivity contribution in [2.45, 2.75) is 0 Å². The Bertz CT molecular complexity index is 939. The molecule has 0 radical (unpaired) electrons. The Kier molecular flexibility index (Phi) is 3.40. The largest absolute Gasteiger partial charge is 0.465 e. The van der Waals surface area contributed by atoms with E-state index in [0.717, 1.165) is 0 Å². The molecule has 7 nitrogen and oxygen atoms in total. The van der Waals surface area contributed by atoms with Crippen molar-refractivity contribution in [1.82, 2.24) is 4.40 Å². The third kappa shape index (κ3) is 2.01. The van der Waals surface area contributed by atoms with Gasteiger partial charge in [-0.3, -0.25) is 0 Å². The maximum Gasteiger partial charge on any atom is 0.340 e.